The number of sulfonamides is 1. The van der Waals surface area contributed by atoms with Gasteiger partial charge in [0.25, 0.3) is 5.91 Å². The minimum atomic E-state index is -3.57. The van der Waals surface area contributed by atoms with Crippen molar-refractivity contribution in [3.8, 4) is 5.69 Å². The number of rotatable bonds is 5. The molecular formula is C23H23ClN4O3S. The van der Waals surface area contributed by atoms with E-state index in [0.29, 0.717) is 11.3 Å². The maximum Gasteiger partial charge on any atom is 0.259 e. The van der Waals surface area contributed by atoms with E-state index < -0.39 is 10.0 Å². The van der Waals surface area contributed by atoms with Crippen molar-refractivity contribution in [1.82, 2.24) is 19.0 Å². The van der Waals surface area contributed by atoms with E-state index in [2.05, 4.69) is 5.10 Å². The van der Waals surface area contributed by atoms with Gasteiger partial charge in [0, 0.05) is 31.6 Å². The van der Waals surface area contributed by atoms with Crippen LogP contribution in [0.4, 0.5) is 0 Å². The molecule has 3 aromatic rings. The van der Waals surface area contributed by atoms with Crippen molar-refractivity contribution in [3.63, 3.8) is 0 Å². The summed E-state index contributed by atoms with van der Waals surface area (Å²) in [5, 5.41) is 5.89. The van der Waals surface area contributed by atoms with Gasteiger partial charge in [-0.1, -0.05) is 60.1 Å². The summed E-state index contributed by atoms with van der Waals surface area (Å²) in [6.45, 7) is 2.74. The second-order valence-corrected chi connectivity index (χ2v) is 9.62. The fourth-order valence-electron chi connectivity index (χ4n) is 3.60. The Balaban J connectivity index is 1.45. The molecule has 0 N–H and O–H groups in total. The number of para-hydroxylation sites is 1. The summed E-state index contributed by atoms with van der Waals surface area (Å²) < 4.78 is 28.3. The second kappa shape index (κ2) is 9.28. The molecule has 1 aliphatic rings. The van der Waals surface area contributed by atoms with Gasteiger partial charge in [-0.15, -0.1) is 0 Å². The SMILES string of the molecule is Cc1nn(-c2ccccc2)c(Cl)c1C(=O)N1CCN(S(=O)(=O)/C=C/c2ccccc2)CC1. The number of aromatic nitrogens is 2. The molecule has 1 amide bonds. The molecule has 0 atom stereocenters. The van der Waals surface area contributed by atoms with Crippen LogP contribution >= 0.6 is 11.6 Å². The average molecular weight is 471 g/mol. The van der Waals surface area contributed by atoms with E-state index in [1.807, 2.05) is 60.7 Å². The Morgan fingerprint density at radius 3 is 2.19 bits per heavy atom. The molecule has 9 heteroatoms. The molecule has 7 nitrogen and oxygen atoms in total. The standard InChI is InChI=1S/C23H23ClN4O3S/c1-18-21(22(24)28(25-18)20-10-6-3-7-11-20)23(29)26-13-15-27(16-14-26)32(30,31)17-12-19-8-4-2-5-9-19/h2-12,17H,13-16H2,1H3/b17-12+. The number of carbonyl (C=O) groups excluding carboxylic acids is 1. The van der Waals surface area contributed by atoms with Gasteiger partial charge in [-0.3, -0.25) is 4.79 Å². The molecule has 0 bridgehead atoms. The minimum absolute atomic E-state index is 0.219. The van der Waals surface area contributed by atoms with Crippen LogP contribution in [0, 0.1) is 6.92 Å². The first kappa shape index (κ1) is 22.3. The van der Waals surface area contributed by atoms with E-state index in [1.54, 1.807) is 22.6 Å². The van der Waals surface area contributed by atoms with Crippen molar-refractivity contribution in [2.24, 2.45) is 0 Å². The lowest BCUT2D eigenvalue weighted by Crippen LogP contribution is -2.50. The van der Waals surface area contributed by atoms with Crippen LogP contribution in [0.2, 0.25) is 5.15 Å². The van der Waals surface area contributed by atoms with Crippen molar-refractivity contribution in [3.05, 3.63) is 88.0 Å². The Labute approximate surface area is 192 Å². The summed E-state index contributed by atoms with van der Waals surface area (Å²) in [4.78, 5) is 14.8. The third-order valence-corrected chi connectivity index (χ3v) is 7.25. The molecule has 0 unspecified atom stereocenters. The molecule has 0 saturated carbocycles. The zero-order chi connectivity index (χ0) is 22.7. The fourth-order valence-corrected chi connectivity index (χ4v) is 5.13. The molecule has 1 saturated heterocycles. The number of hydrogen-bond donors (Lipinski definition) is 0. The van der Waals surface area contributed by atoms with Gasteiger partial charge >= 0.3 is 0 Å². The van der Waals surface area contributed by atoms with Crippen LogP contribution in [0.25, 0.3) is 11.8 Å². The highest BCUT2D eigenvalue weighted by molar-refractivity contribution is 7.92. The van der Waals surface area contributed by atoms with Gasteiger partial charge < -0.3 is 4.90 Å². The lowest BCUT2D eigenvalue weighted by molar-refractivity contribution is 0.0698. The zero-order valence-corrected chi connectivity index (χ0v) is 19.1. The summed E-state index contributed by atoms with van der Waals surface area (Å²) in [6.07, 6.45) is 1.58. The molecule has 0 spiro atoms. The number of hydrogen-bond acceptors (Lipinski definition) is 4. The molecule has 166 valence electrons. The van der Waals surface area contributed by atoms with Crippen LogP contribution in [-0.4, -0.2) is 59.5 Å². The van der Waals surface area contributed by atoms with E-state index in [4.69, 9.17) is 11.6 Å². The van der Waals surface area contributed by atoms with Gasteiger partial charge in [0.1, 0.15) is 5.15 Å². The van der Waals surface area contributed by atoms with Gasteiger partial charge in [0.05, 0.1) is 16.9 Å². The molecule has 0 radical (unpaired) electrons. The molecule has 1 aromatic heterocycles. The first-order chi connectivity index (χ1) is 15.4. The van der Waals surface area contributed by atoms with E-state index in [-0.39, 0.29) is 37.2 Å². The van der Waals surface area contributed by atoms with Gasteiger partial charge in [0.15, 0.2) is 0 Å². The zero-order valence-electron chi connectivity index (χ0n) is 17.6. The summed E-state index contributed by atoms with van der Waals surface area (Å²) in [7, 11) is -3.57. The van der Waals surface area contributed by atoms with E-state index >= 15 is 0 Å². The molecule has 1 aliphatic heterocycles. The third-order valence-electron chi connectivity index (χ3n) is 5.34. The quantitative estimate of drug-likeness (QED) is 0.571. The second-order valence-electron chi connectivity index (χ2n) is 7.45. The molecule has 0 aliphatic carbocycles. The number of halogens is 1. The lowest BCUT2D eigenvalue weighted by Gasteiger charge is -2.33. The molecule has 2 aromatic carbocycles. The van der Waals surface area contributed by atoms with Crippen LogP contribution in [-0.2, 0) is 10.0 Å². The molecule has 1 fully saturated rings. The maximum atomic E-state index is 13.2. The Kier molecular flexibility index (Phi) is 6.45. The fraction of sp³-hybridized carbons (Fsp3) is 0.217. The van der Waals surface area contributed by atoms with Crippen molar-refractivity contribution in [2.75, 3.05) is 26.2 Å². The van der Waals surface area contributed by atoms with Crippen LogP contribution in [0.15, 0.2) is 66.1 Å². The largest absolute Gasteiger partial charge is 0.336 e. The number of piperazine rings is 1. The van der Waals surface area contributed by atoms with E-state index in [0.717, 1.165) is 11.3 Å². The topological polar surface area (TPSA) is 75.5 Å². The Morgan fingerprint density at radius 2 is 1.56 bits per heavy atom. The number of nitrogens with zero attached hydrogens (tertiary/aromatic N) is 4. The Bertz CT molecular complexity index is 1230. The highest BCUT2D eigenvalue weighted by atomic mass is 35.5. The minimum Gasteiger partial charge on any atom is -0.336 e. The maximum absolute atomic E-state index is 13.2. The van der Waals surface area contributed by atoms with E-state index in [9.17, 15) is 13.2 Å². The number of aryl methyl sites for hydroxylation is 1. The predicted octanol–water partition coefficient (Wildman–Crippen LogP) is 3.59. The van der Waals surface area contributed by atoms with Crippen LogP contribution in [0.3, 0.4) is 0 Å². The van der Waals surface area contributed by atoms with Crippen LogP contribution in [0.1, 0.15) is 21.6 Å². The summed E-state index contributed by atoms with van der Waals surface area (Å²) >= 11 is 6.52. The summed E-state index contributed by atoms with van der Waals surface area (Å²) in [5.74, 6) is -0.244. The Morgan fingerprint density at radius 1 is 0.969 bits per heavy atom. The molecule has 32 heavy (non-hydrogen) atoms. The Hall–Kier alpha value is -2.94. The van der Waals surface area contributed by atoms with Gasteiger partial charge in [-0.2, -0.15) is 9.40 Å². The normalized spacial score (nSPS) is 15.4. The van der Waals surface area contributed by atoms with Gasteiger partial charge in [-0.05, 0) is 30.7 Å². The van der Waals surface area contributed by atoms with Crippen molar-refractivity contribution >= 4 is 33.6 Å². The van der Waals surface area contributed by atoms with Gasteiger partial charge in [-0.25, -0.2) is 13.1 Å². The smallest absolute Gasteiger partial charge is 0.259 e. The van der Waals surface area contributed by atoms with Crippen molar-refractivity contribution in [1.29, 1.82) is 0 Å². The predicted molar refractivity (Wildman–Crippen MR) is 125 cm³/mol. The summed E-state index contributed by atoms with van der Waals surface area (Å²) in [5.41, 5.74) is 2.45. The molecule has 2 heterocycles. The van der Waals surface area contributed by atoms with Crippen LogP contribution < -0.4 is 0 Å². The summed E-state index contributed by atoms with van der Waals surface area (Å²) in [6, 6.07) is 18.6. The highest BCUT2D eigenvalue weighted by Gasteiger charge is 2.31. The first-order valence-electron chi connectivity index (χ1n) is 10.2. The molecule has 4 rings (SSSR count). The third kappa shape index (κ3) is 4.62. The monoisotopic (exact) mass is 470 g/mol. The lowest BCUT2D eigenvalue weighted by atomic mass is 10.2. The van der Waals surface area contributed by atoms with Crippen molar-refractivity contribution in [2.45, 2.75) is 6.92 Å². The molecular weight excluding hydrogens is 448 g/mol. The van der Waals surface area contributed by atoms with Crippen molar-refractivity contribution < 1.29 is 13.2 Å². The highest BCUT2D eigenvalue weighted by Crippen LogP contribution is 2.25. The average Bonchev–Trinajstić information content (AvgIpc) is 3.12. The van der Waals surface area contributed by atoms with E-state index in [1.165, 1.54) is 9.71 Å². The number of carbonyl (C=O) groups is 1. The number of amides is 1. The van der Waals surface area contributed by atoms with Crippen LogP contribution in [0.5, 0.6) is 0 Å². The first-order valence-corrected chi connectivity index (χ1v) is 12.1. The number of benzene rings is 2. The van der Waals surface area contributed by atoms with Gasteiger partial charge in [0.2, 0.25) is 10.0 Å².